The Morgan fingerprint density at radius 1 is 1.26 bits per heavy atom. The van der Waals surface area contributed by atoms with Gasteiger partial charge in [-0.2, -0.15) is 0 Å². The highest BCUT2D eigenvalue weighted by molar-refractivity contribution is 9.10. The predicted molar refractivity (Wildman–Crippen MR) is 92.3 cm³/mol. The van der Waals surface area contributed by atoms with Crippen LogP contribution in [0, 0.1) is 0 Å². The van der Waals surface area contributed by atoms with Crippen LogP contribution in [-0.4, -0.2) is 26.3 Å². The second kappa shape index (κ2) is 8.08. The van der Waals surface area contributed by atoms with E-state index in [2.05, 4.69) is 15.9 Å². The van der Waals surface area contributed by atoms with Crippen LogP contribution in [-0.2, 0) is 4.74 Å². The first-order valence-corrected chi connectivity index (χ1v) is 7.87. The molecule has 0 heterocycles. The molecule has 0 saturated carbocycles. The fourth-order valence-corrected chi connectivity index (χ4v) is 2.37. The van der Waals surface area contributed by atoms with Crippen LogP contribution in [0.15, 0.2) is 40.9 Å². The van der Waals surface area contributed by atoms with Crippen molar-refractivity contribution in [2.45, 2.75) is 0 Å². The molecule has 2 aromatic rings. The molecule has 5 nitrogen and oxygen atoms in total. The lowest BCUT2D eigenvalue weighted by molar-refractivity contribution is 0.0447. The number of ether oxygens (including phenoxy) is 3. The summed E-state index contributed by atoms with van der Waals surface area (Å²) in [6, 6.07) is 10.3. The molecule has 0 radical (unpaired) electrons. The number of rotatable bonds is 6. The highest BCUT2D eigenvalue weighted by atomic mass is 79.9. The molecular weight excluding hydrogens is 386 g/mol. The molecule has 0 aliphatic carbocycles. The van der Waals surface area contributed by atoms with E-state index in [4.69, 9.17) is 31.5 Å². The average molecular weight is 401 g/mol. The monoisotopic (exact) mass is 399 g/mol. The first-order chi connectivity index (χ1) is 11.0. The van der Waals surface area contributed by atoms with Crippen molar-refractivity contribution in [3.05, 3.63) is 51.5 Å². The molecule has 0 fully saturated rings. The van der Waals surface area contributed by atoms with Gasteiger partial charge in [-0.3, -0.25) is 0 Å². The third-order valence-corrected chi connectivity index (χ3v) is 3.74. The topological polar surface area (TPSA) is 70.8 Å². The number of carbonyl (C=O) groups is 1. The van der Waals surface area contributed by atoms with Crippen molar-refractivity contribution in [1.29, 1.82) is 0 Å². The molecule has 0 atom stereocenters. The van der Waals surface area contributed by atoms with E-state index in [-0.39, 0.29) is 23.8 Å². The summed E-state index contributed by atoms with van der Waals surface area (Å²) in [5, 5.41) is 0.267. The number of methoxy groups -OCH3 is 1. The van der Waals surface area contributed by atoms with Crippen LogP contribution in [0.2, 0.25) is 5.02 Å². The van der Waals surface area contributed by atoms with Gasteiger partial charge in [-0.15, -0.1) is 0 Å². The molecule has 0 aliphatic heterocycles. The quantitative estimate of drug-likeness (QED) is 0.452. The SMILES string of the molecule is COc1cc(N)c(Cl)cc1C(=O)OCCOc1cccc(Br)c1. The summed E-state index contributed by atoms with van der Waals surface area (Å²) < 4.78 is 16.7. The predicted octanol–water partition coefficient (Wildman–Crippen LogP) is 3.93. The van der Waals surface area contributed by atoms with Gasteiger partial charge in [-0.05, 0) is 24.3 Å². The number of nitrogen functional groups attached to an aromatic ring is 1. The Balaban J connectivity index is 1.91. The van der Waals surface area contributed by atoms with Crippen molar-refractivity contribution < 1.29 is 19.0 Å². The van der Waals surface area contributed by atoms with Crippen molar-refractivity contribution in [3.63, 3.8) is 0 Å². The largest absolute Gasteiger partial charge is 0.496 e. The number of hydrogen-bond acceptors (Lipinski definition) is 5. The molecule has 2 aromatic carbocycles. The highest BCUT2D eigenvalue weighted by Gasteiger charge is 2.16. The Morgan fingerprint density at radius 3 is 2.74 bits per heavy atom. The second-order valence-corrected chi connectivity index (χ2v) is 5.84. The van der Waals surface area contributed by atoms with Gasteiger partial charge in [0.25, 0.3) is 0 Å². The molecule has 23 heavy (non-hydrogen) atoms. The van der Waals surface area contributed by atoms with E-state index >= 15 is 0 Å². The number of halogens is 2. The lowest BCUT2D eigenvalue weighted by Gasteiger charge is -2.11. The lowest BCUT2D eigenvalue weighted by Crippen LogP contribution is -2.13. The zero-order chi connectivity index (χ0) is 16.8. The summed E-state index contributed by atoms with van der Waals surface area (Å²) in [6.07, 6.45) is 0. The van der Waals surface area contributed by atoms with Gasteiger partial charge in [-0.25, -0.2) is 4.79 Å². The number of carbonyl (C=O) groups excluding carboxylic acids is 1. The van der Waals surface area contributed by atoms with E-state index in [1.165, 1.54) is 19.2 Å². The molecule has 0 aliphatic rings. The molecule has 0 unspecified atom stereocenters. The van der Waals surface area contributed by atoms with Gasteiger partial charge >= 0.3 is 5.97 Å². The molecule has 0 saturated heterocycles. The summed E-state index contributed by atoms with van der Waals surface area (Å²) in [6.45, 7) is 0.323. The Morgan fingerprint density at radius 2 is 2.04 bits per heavy atom. The zero-order valence-electron chi connectivity index (χ0n) is 12.3. The van der Waals surface area contributed by atoms with Crippen molar-refractivity contribution in [2.75, 3.05) is 26.1 Å². The van der Waals surface area contributed by atoms with Crippen LogP contribution in [0.1, 0.15) is 10.4 Å². The number of benzene rings is 2. The standard InChI is InChI=1S/C16H15BrClNO4/c1-21-15-9-14(19)13(18)8-12(15)16(20)23-6-5-22-11-4-2-3-10(17)7-11/h2-4,7-9H,5-6,19H2,1H3. The van der Waals surface area contributed by atoms with Crippen molar-refractivity contribution >= 4 is 39.2 Å². The number of anilines is 1. The van der Waals surface area contributed by atoms with Crippen LogP contribution in [0.4, 0.5) is 5.69 Å². The molecule has 0 aromatic heterocycles. The van der Waals surface area contributed by atoms with Crippen molar-refractivity contribution in [3.8, 4) is 11.5 Å². The summed E-state index contributed by atoms with van der Waals surface area (Å²) in [4.78, 5) is 12.1. The summed E-state index contributed by atoms with van der Waals surface area (Å²) in [5.41, 5.74) is 6.22. The van der Waals surface area contributed by atoms with Crippen molar-refractivity contribution in [1.82, 2.24) is 0 Å². The third-order valence-electron chi connectivity index (χ3n) is 2.92. The average Bonchev–Trinajstić information content (AvgIpc) is 2.53. The molecular formula is C16H15BrClNO4. The minimum Gasteiger partial charge on any atom is -0.496 e. The molecule has 122 valence electrons. The van der Waals surface area contributed by atoms with Crippen LogP contribution >= 0.6 is 27.5 Å². The van der Waals surface area contributed by atoms with E-state index in [0.29, 0.717) is 17.2 Å². The molecule has 0 spiro atoms. The molecule has 0 amide bonds. The van der Waals surface area contributed by atoms with Gasteiger partial charge in [0.1, 0.15) is 30.3 Å². The first kappa shape index (κ1) is 17.4. The van der Waals surface area contributed by atoms with Gasteiger partial charge in [-0.1, -0.05) is 33.6 Å². The fourth-order valence-electron chi connectivity index (χ4n) is 1.83. The molecule has 0 bridgehead atoms. The summed E-state index contributed by atoms with van der Waals surface area (Å²) in [7, 11) is 1.44. The van der Waals surface area contributed by atoms with Gasteiger partial charge in [0.05, 0.1) is 17.8 Å². The van der Waals surface area contributed by atoms with Crippen molar-refractivity contribution in [2.24, 2.45) is 0 Å². The minimum atomic E-state index is -0.554. The summed E-state index contributed by atoms with van der Waals surface area (Å²) in [5.74, 6) is 0.440. The van der Waals surface area contributed by atoms with E-state index in [9.17, 15) is 4.79 Å². The molecule has 2 rings (SSSR count). The van der Waals surface area contributed by atoms with Crippen LogP contribution in [0.5, 0.6) is 11.5 Å². The maximum atomic E-state index is 12.1. The third kappa shape index (κ3) is 4.77. The van der Waals surface area contributed by atoms with Gasteiger partial charge in [0, 0.05) is 10.5 Å². The molecule has 7 heteroatoms. The first-order valence-electron chi connectivity index (χ1n) is 6.69. The Labute approximate surface area is 147 Å². The van der Waals surface area contributed by atoms with E-state index in [1.54, 1.807) is 0 Å². The van der Waals surface area contributed by atoms with Crippen LogP contribution in [0.25, 0.3) is 0 Å². The van der Waals surface area contributed by atoms with E-state index < -0.39 is 5.97 Å². The Bertz CT molecular complexity index is 708. The van der Waals surface area contributed by atoms with E-state index in [1.807, 2.05) is 24.3 Å². The van der Waals surface area contributed by atoms with Gasteiger partial charge in [0.15, 0.2) is 0 Å². The molecule has 2 N–H and O–H groups in total. The van der Waals surface area contributed by atoms with Crippen LogP contribution in [0.3, 0.4) is 0 Å². The Hall–Kier alpha value is -1.92. The smallest absolute Gasteiger partial charge is 0.342 e. The highest BCUT2D eigenvalue weighted by Crippen LogP contribution is 2.29. The van der Waals surface area contributed by atoms with Gasteiger partial charge < -0.3 is 19.9 Å². The van der Waals surface area contributed by atoms with Crippen LogP contribution < -0.4 is 15.2 Å². The zero-order valence-corrected chi connectivity index (χ0v) is 14.7. The summed E-state index contributed by atoms with van der Waals surface area (Å²) >= 11 is 9.28. The number of esters is 1. The Kier molecular flexibility index (Phi) is 6.12. The number of nitrogens with two attached hydrogens (primary N) is 1. The number of hydrogen-bond donors (Lipinski definition) is 1. The van der Waals surface area contributed by atoms with Gasteiger partial charge in [0.2, 0.25) is 0 Å². The minimum absolute atomic E-state index is 0.0937. The maximum absolute atomic E-state index is 12.1. The normalized spacial score (nSPS) is 10.2. The fraction of sp³-hybridized carbons (Fsp3) is 0.188. The maximum Gasteiger partial charge on any atom is 0.342 e. The van der Waals surface area contributed by atoms with E-state index in [0.717, 1.165) is 4.47 Å². The lowest BCUT2D eigenvalue weighted by atomic mass is 10.2. The second-order valence-electron chi connectivity index (χ2n) is 4.52.